The van der Waals surface area contributed by atoms with Gasteiger partial charge < -0.3 is 10.2 Å². The molecular weight excluding hydrogens is 297 g/mol. The van der Waals surface area contributed by atoms with E-state index in [9.17, 15) is 4.79 Å². The summed E-state index contributed by atoms with van der Waals surface area (Å²) in [6.45, 7) is 6.90. The molecule has 1 saturated heterocycles. The van der Waals surface area contributed by atoms with Crippen LogP contribution in [0.25, 0.3) is 0 Å². The van der Waals surface area contributed by atoms with Crippen LogP contribution < -0.4 is 5.32 Å². The van der Waals surface area contributed by atoms with Gasteiger partial charge in [0.05, 0.1) is 6.04 Å². The van der Waals surface area contributed by atoms with Crippen molar-refractivity contribution >= 4 is 29.1 Å². The maximum absolute atomic E-state index is 12.0. The quantitative estimate of drug-likeness (QED) is 0.779. The van der Waals surface area contributed by atoms with E-state index in [2.05, 4.69) is 15.1 Å². The molecule has 0 aromatic carbocycles. The molecule has 1 heterocycles. The number of hydrogen-bond donors (Lipinski definition) is 1. The third kappa shape index (κ3) is 3.59. The van der Waals surface area contributed by atoms with Gasteiger partial charge in [-0.25, -0.2) is 0 Å². The molecule has 0 radical (unpaired) electrons. The van der Waals surface area contributed by atoms with Crippen LogP contribution in [-0.2, 0) is 4.79 Å². The van der Waals surface area contributed by atoms with Gasteiger partial charge in [-0.3, -0.25) is 9.69 Å². The Morgan fingerprint density at radius 2 is 1.90 bits per heavy atom. The van der Waals surface area contributed by atoms with Crippen LogP contribution in [0.15, 0.2) is 0 Å². The minimum Gasteiger partial charge on any atom is -0.352 e. The summed E-state index contributed by atoms with van der Waals surface area (Å²) in [6.07, 6.45) is 3.20. The van der Waals surface area contributed by atoms with E-state index in [4.69, 9.17) is 23.2 Å². The standard InChI is InChI=1S/C14H23Cl2N3O/c1-10(13(20)17-12-2-3-12)19-6-4-18(5-7-19)9-11-8-14(11,15)16/h10-12H,2-9H2,1H3,(H,17,20)/t10-,11-/m1/s1. The number of alkyl halides is 2. The van der Waals surface area contributed by atoms with Crippen molar-refractivity contribution < 1.29 is 4.79 Å². The van der Waals surface area contributed by atoms with E-state index in [-0.39, 0.29) is 11.9 Å². The largest absolute Gasteiger partial charge is 0.352 e. The number of piperazine rings is 1. The predicted octanol–water partition coefficient (Wildman–Crippen LogP) is 1.46. The molecule has 1 aliphatic heterocycles. The number of carbonyl (C=O) groups is 1. The average Bonchev–Trinajstić information content (AvgIpc) is 3.30. The smallest absolute Gasteiger partial charge is 0.237 e. The first-order valence-corrected chi connectivity index (χ1v) is 8.36. The molecule has 0 aromatic heterocycles. The van der Waals surface area contributed by atoms with Gasteiger partial charge in [0.25, 0.3) is 0 Å². The molecule has 0 spiro atoms. The molecule has 20 heavy (non-hydrogen) atoms. The molecule has 0 bridgehead atoms. The van der Waals surface area contributed by atoms with Crippen molar-refractivity contribution in [3.63, 3.8) is 0 Å². The Bertz CT molecular complexity index is 379. The van der Waals surface area contributed by atoms with Gasteiger partial charge in [0.1, 0.15) is 4.33 Å². The van der Waals surface area contributed by atoms with Gasteiger partial charge in [-0.1, -0.05) is 0 Å². The lowest BCUT2D eigenvalue weighted by atomic mass is 10.2. The molecule has 2 saturated carbocycles. The third-order valence-corrected chi connectivity index (χ3v) is 5.62. The molecule has 6 heteroatoms. The summed E-state index contributed by atoms with van der Waals surface area (Å²) in [5, 5.41) is 3.09. The maximum atomic E-state index is 12.0. The fourth-order valence-electron chi connectivity index (χ4n) is 2.83. The Morgan fingerprint density at radius 3 is 2.40 bits per heavy atom. The Labute approximate surface area is 130 Å². The summed E-state index contributed by atoms with van der Waals surface area (Å²) < 4.78 is -0.478. The summed E-state index contributed by atoms with van der Waals surface area (Å²) in [5.74, 6) is 0.608. The van der Waals surface area contributed by atoms with E-state index in [0.29, 0.717) is 12.0 Å². The molecule has 4 nitrogen and oxygen atoms in total. The van der Waals surface area contributed by atoms with Crippen molar-refractivity contribution in [1.82, 2.24) is 15.1 Å². The van der Waals surface area contributed by atoms with Gasteiger partial charge in [-0.15, -0.1) is 23.2 Å². The molecule has 0 unspecified atom stereocenters. The van der Waals surface area contributed by atoms with Crippen LogP contribution in [0, 0.1) is 5.92 Å². The summed E-state index contributed by atoms with van der Waals surface area (Å²) in [4.78, 5) is 16.7. The van der Waals surface area contributed by atoms with Crippen LogP contribution in [0.2, 0.25) is 0 Å². The second-order valence-corrected chi connectivity index (χ2v) is 8.00. The number of amides is 1. The number of carbonyl (C=O) groups excluding carboxylic acids is 1. The molecule has 2 atom stereocenters. The molecule has 0 aromatic rings. The minimum atomic E-state index is -0.478. The normalized spacial score (nSPS) is 31.9. The second kappa shape index (κ2) is 5.64. The molecule has 114 valence electrons. The number of nitrogens with zero attached hydrogens (tertiary/aromatic N) is 2. The Kier molecular flexibility index (Phi) is 4.20. The van der Waals surface area contributed by atoms with Crippen LogP contribution in [0.1, 0.15) is 26.2 Å². The molecule has 2 aliphatic carbocycles. The van der Waals surface area contributed by atoms with Crippen molar-refractivity contribution in [2.45, 2.75) is 42.6 Å². The average molecular weight is 320 g/mol. The fraction of sp³-hybridized carbons (Fsp3) is 0.929. The van der Waals surface area contributed by atoms with Crippen molar-refractivity contribution in [3.8, 4) is 0 Å². The van der Waals surface area contributed by atoms with E-state index >= 15 is 0 Å². The highest BCUT2D eigenvalue weighted by Crippen LogP contribution is 2.53. The van der Waals surface area contributed by atoms with Crippen LogP contribution in [0.4, 0.5) is 0 Å². The van der Waals surface area contributed by atoms with Gasteiger partial charge in [0.2, 0.25) is 5.91 Å². The van der Waals surface area contributed by atoms with E-state index in [1.54, 1.807) is 0 Å². The Balaban J connectivity index is 1.40. The highest BCUT2D eigenvalue weighted by molar-refractivity contribution is 6.50. The monoisotopic (exact) mass is 319 g/mol. The molecule has 1 amide bonds. The molecular formula is C14H23Cl2N3O. The van der Waals surface area contributed by atoms with Crippen LogP contribution >= 0.6 is 23.2 Å². The number of rotatable bonds is 5. The lowest BCUT2D eigenvalue weighted by Gasteiger charge is -2.37. The molecule has 3 rings (SSSR count). The van der Waals surface area contributed by atoms with E-state index < -0.39 is 4.33 Å². The van der Waals surface area contributed by atoms with Crippen LogP contribution in [0.5, 0.6) is 0 Å². The van der Waals surface area contributed by atoms with Crippen molar-refractivity contribution in [2.75, 3.05) is 32.7 Å². The van der Waals surface area contributed by atoms with Crippen molar-refractivity contribution in [3.05, 3.63) is 0 Å². The van der Waals surface area contributed by atoms with E-state index in [1.807, 2.05) is 6.92 Å². The zero-order valence-electron chi connectivity index (χ0n) is 11.9. The Hall–Kier alpha value is -0.0300. The Morgan fingerprint density at radius 1 is 1.30 bits per heavy atom. The SMILES string of the molecule is C[C@H](C(=O)NC1CC1)N1CCN(C[C@H]2CC2(Cl)Cl)CC1. The summed E-state index contributed by atoms with van der Waals surface area (Å²) in [5.41, 5.74) is 0. The van der Waals surface area contributed by atoms with Gasteiger partial charge in [0, 0.05) is 44.7 Å². The molecule has 3 aliphatic rings. The molecule has 1 N–H and O–H groups in total. The second-order valence-electron chi connectivity index (χ2n) is 6.46. The van der Waals surface area contributed by atoms with Gasteiger partial charge in [-0.2, -0.15) is 0 Å². The zero-order valence-corrected chi connectivity index (χ0v) is 13.5. The predicted molar refractivity (Wildman–Crippen MR) is 81.2 cm³/mol. The van der Waals surface area contributed by atoms with Crippen LogP contribution in [0.3, 0.4) is 0 Å². The lowest BCUT2D eigenvalue weighted by Crippen LogP contribution is -2.54. The van der Waals surface area contributed by atoms with Gasteiger partial charge >= 0.3 is 0 Å². The zero-order chi connectivity index (χ0) is 14.3. The van der Waals surface area contributed by atoms with Gasteiger partial charge in [0.15, 0.2) is 0 Å². The fourth-order valence-corrected chi connectivity index (χ4v) is 3.34. The molecule has 3 fully saturated rings. The van der Waals surface area contributed by atoms with Crippen LogP contribution in [-0.4, -0.2) is 64.8 Å². The van der Waals surface area contributed by atoms with Crippen molar-refractivity contribution in [1.29, 1.82) is 0 Å². The summed E-state index contributed by atoms with van der Waals surface area (Å²) >= 11 is 12.2. The number of hydrogen-bond acceptors (Lipinski definition) is 3. The first-order chi connectivity index (χ1) is 9.45. The van der Waals surface area contributed by atoms with Gasteiger partial charge in [-0.05, 0) is 26.2 Å². The highest BCUT2D eigenvalue weighted by atomic mass is 35.5. The maximum Gasteiger partial charge on any atom is 0.237 e. The first kappa shape index (κ1) is 14.9. The summed E-state index contributed by atoms with van der Waals surface area (Å²) in [6, 6.07) is 0.431. The first-order valence-electron chi connectivity index (χ1n) is 7.60. The number of nitrogens with one attached hydrogen (secondary N) is 1. The summed E-state index contributed by atoms with van der Waals surface area (Å²) in [7, 11) is 0. The lowest BCUT2D eigenvalue weighted by molar-refractivity contribution is -0.126. The topological polar surface area (TPSA) is 35.6 Å². The van der Waals surface area contributed by atoms with Crippen molar-refractivity contribution in [2.24, 2.45) is 5.92 Å². The highest BCUT2D eigenvalue weighted by Gasteiger charge is 2.52. The van der Waals surface area contributed by atoms with E-state index in [0.717, 1.165) is 52.0 Å². The minimum absolute atomic E-state index is 0.0150. The van der Waals surface area contributed by atoms with E-state index in [1.165, 1.54) is 0 Å². The third-order valence-electron chi connectivity index (χ3n) is 4.69. The number of halogens is 2.